The first kappa shape index (κ1) is 21.3. The zero-order valence-electron chi connectivity index (χ0n) is 18.1. The van der Waals surface area contributed by atoms with Crippen LogP contribution >= 0.6 is 0 Å². The molecule has 0 saturated heterocycles. The van der Waals surface area contributed by atoms with E-state index in [2.05, 4.69) is 19.2 Å². The molecule has 1 atom stereocenters. The first-order valence-corrected chi connectivity index (χ1v) is 10.3. The number of Topliss-reactive ketones (excluding diaryl/α,β-unsaturated/α-hetero) is 1. The molecule has 0 spiro atoms. The second kappa shape index (κ2) is 8.54. The molecule has 0 fully saturated rings. The summed E-state index contributed by atoms with van der Waals surface area (Å²) in [7, 11) is 0. The molecule has 29 heavy (non-hydrogen) atoms. The van der Waals surface area contributed by atoms with E-state index in [0.29, 0.717) is 30.8 Å². The Labute approximate surface area is 173 Å². The summed E-state index contributed by atoms with van der Waals surface area (Å²) in [6, 6.07) is 7.94. The molecule has 1 aromatic carbocycles. The van der Waals surface area contributed by atoms with Gasteiger partial charge in [-0.05, 0) is 43.7 Å². The third kappa shape index (κ3) is 4.45. The highest BCUT2D eigenvalue weighted by atomic mass is 16.6. The molecule has 1 aliphatic heterocycles. The number of nitrogens with one attached hydrogen (secondary N) is 1. The van der Waals surface area contributed by atoms with Gasteiger partial charge >= 0.3 is 5.97 Å². The fourth-order valence-electron chi connectivity index (χ4n) is 4.34. The van der Waals surface area contributed by atoms with E-state index in [-0.39, 0.29) is 17.8 Å². The number of hydrogen-bond acceptors (Lipinski definition) is 5. The number of carbonyl (C=O) groups is 2. The van der Waals surface area contributed by atoms with Gasteiger partial charge in [0, 0.05) is 35.9 Å². The summed E-state index contributed by atoms with van der Waals surface area (Å²) >= 11 is 0. The summed E-state index contributed by atoms with van der Waals surface area (Å²) < 4.78 is 10.8. The van der Waals surface area contributed by atoms with Crippen LogP contribution in [0.4, 0.5) is 0 Å². The normalized spacial score (nSPS) is 21.0. The van der Waals surface area contributed by atoms with Crippen LogP contribution in [0.25, 0.3) is 0 Å². The van der Waals surface area contributed by atoms with E-state index in [1.807, 2.05) is 45.0 Å². The smallest absolute Gasteiger partial charge is 0.336 e. The summed E-state index contributed by atoms with van der Waals surface area (Å²) in [6.45, 7) is 11.1. The average molecular weight is 398 g/mol. The van der Waals surface area contributed by atoms with Crippen molar-refractivity contribution in [1.82, 2.24) is 5.32 Å². The van der Waals surface area contributed by atoms with Gasteiger partial charge in [-0.3, -0.25) is 4.79 Å². The third-order valence-electron chi connectivity index (χ3n) is 5.62. The Morgan fingerprint density at radius 2 is 1.90 bits per heavy atom. The molecule has 0 radical (unpaired) electrons. The van der Waals surface area contributed by atoms with Crippen molar-refractivity contribution in [2.75, 3.05) is 19.8 Å². The summed E-state index contributed by atoms with van der Waals surface area (Å²) in [4.78, 5) is 26.3. The predicted octanol–water partition coefficient (Wildman–Crippen LogP) is 4.18. The Kier molecular flexibility index (Phi) is 6.27. The first-order chi connectivity index (χ1) is 13.7. The highest BCUT2D eigenvalue weighted by molar-refractivity contribution is 6.04. The lowest BCUT2D eigenvalue weighted by Gasteiger charge is -2.39. The van der Waals surface area contributed by atoms with Crippen LogP contribution < -0.4 is 5.32 Å². The van der Waals surface area contributed by atoms with Crippen LogP contribution in [0.5, 0.6) is 0 Å². The van der Waals surface area contributed by atoms with Crippen molar-refractivity contribution in [3.8, 4) is 0 Å². The first-order valence-electron chi connectivity index (χ1n) is 10.3. The fourth-order valence-corrected chi connectivity index (χ4v) is 4.34. The van der Waals surface area contributed by atoms with E-state index in [4.69, 9.17) is 9.47 Å². The van der Waals surface area contributed by atoms with Crippen molar-refractivity contribution in [1.29, 1.82) is 0 Å². The summed E-state index contributed by atoms with van der Waals surface area (Å²) in [6.07, 6.45) is 1.25. The molecule has 5 heteroatoms. The zero-order valence-corrected chi connectivity index (χ0v) is 18.1. The van der Waals surface area contributed by atoms with Gasteiger partial charge in [0.05, 0.1) is 12.2 Å². The van der Waals surface area contributed by atoms with Crippen LogP contribution in [0, 0.1) is 12.3 Å². The van der Waals surface area contributed by atoms with Gasteiger partial charge in [-0.15, -0.1) is 0 Å². The lowest BCUT2D eigenvalue weighted by atomic mass is 9.68. The van der Waals surface area contributed by atoms with Gasteiger partial charge in [-0.2, -0.15) is 0 Å². The number of esters is 1. The van der Waals surface area contributed by atoms with E-state index < -0.39 is 11.9 Å². The summed E-state index contributed by atoms with van der Waals surface area (Å²) in [5.41, 5.74) is 4.84. The van der Waals surface area contributed by atoms with Crippen LogP contribution in [0.3, 0.4) is 0 Å². The molecule has 0 saturated carbocycles. The predicted molar refractivity (Wildman–Crippen MR) is 112 cm³/mol. The second-order valence-electron chi connectivity index (χ2n) is 8.62. The number of rotatable bonds is 6. The lowest BCUT2D eigenvalue weighted by molar-refractivity contribution is -0.140. The summed E-state index contributed by atoms with van der Waals surface area (Å²) in [5, 5.41) is 3.36. The van der Waals surface area contributed by atoms with Crippen LogP contribution in [0.1, 0.15) is 57.6 Å². The van der Waals surface area contributed by atoms with Crippen LogP contribution in [-0.2, 0) is 19.1 Å². The van der Waals surface area contributed by atoms with Crippen molar-refractivity contribution in [3.63, 3.8) is 0 Å². The van der Waals surface area contributed by atoms with Crippen molar-refractivity contribution in [2.45, 2.75) is 53.4 Å². The molecule has 1 aromatic rings. The van der Waals surface area contributed by atoms with Gasteiger partial charge in [0.25, 0.3) is 0 Å². The Morgan fingerprint density at radius 3 is 2.59 bits per heavy atom. The van der Waals surface area contributed by atoms with Crippen molar-refractivity contribution >= 4 is 11.8 Å². The van der Waals surface area contributed by atoms with E-state index in [1.54, 1.807) is 0 Å². The number of hydrogen-bond donors (Lipinski definition) is 1. The quantitative estimate of drug-likeness (QED) is 0.576. The highest BCUT2D eigenvalue weighted by Crippen LogP contribution is 2.47. The average Bonchev–Trinajstić information content (AvgIpc) is 2.63. The number of aryl methyl sites for hydroxylation is 1. The number of carbonyl (C=O) groups excluding carboxylic acids is 2. The molecule has 0 amide bonds. The van der Waals surface area contributed by atoms with Gasteiger partial charge < -0.3 is 14.8 Å². The van der Waals surface area contributed by atoms with Crippen molar-refractivity contribution < 1.29 is 19.1 Å². The standard InChI is InChI=1S/C24H31NO4/c1-6-28-11-12-29-23(27)20-16(3)25-18-13-24(4,5)14-19(26)22(18)21(20)17-10-8-7-9-15(17)2/h7-10,21,25H,6,11-14H2,1-5H3/t21-/m1/s1. The van der Waals surface area contributed by atoms with Gasteiger partial charge in [0.2, 0.25) is 0 Å². The largest absolute Gasteiger partial charge is 0.460 e. The molecule has 156 valence electrons. The molecular weight excluding hydrogens is 366 g/mol. The minimum absolute atomic E-state index is 0.101. The molecule has 0 bridgehead atoms. The number of allylic oxidation sites excluding steroid dienone is 3. The number of ether oxygens (including phenoxy) is 2. The van der Waals surface area contributed by atoms with Gasteiger partial charge in [-0.1, -0.05) is 38.1 Å². The van der Waals surface area contributed by atoms with E-state index >= 15 is 0 Å². The molecule has 0 unspecified atom stereocenters. The van der Waals surface area contributed by atoms with E-state index in [0.717, 1.165) is 28.9 Å². The molecule has 1 N–H and O–H groups in total. The van der Waals surface area contributed by atoms with Crippen LogP contribution in [0.2, 0.25) is 0 Å². The number of benzene rings is 1. The van der Waals surface area contributed by atoms with E-state index in [1.165, 1.54) is 0 Å². The fraction of sp³-hybridized carbons (Fsp3) is 0.500. The third-order valence-corrected chi connectivity index (χ3v) is 5.62. The number of dihydropyridines is 1. The Bertz CT molecular complexity index is 879. The summed E-state index contributed by atoms with van der Waals surface area (Å²) in [5.74, 6) is -0.702. The van der Waals surface area contributed by atoms with Crippen molar-refractivity contribution in [3.05, 3.63) is 57.9 Å². The highest BCUT2D eigenvalue weighted by Gasteiger charge is 2.43. The van der Waals surface area contributed by atoms with Gasteiger partial charge in [-0.25, -0.2) is 4.79 Å². The molecule has 2 aliphatic rings. The van der Waals surface area contributed by atoms with Gasteiger partial charge in [0.1, 0.15) is 6.61 Å². The van der Waals surface area contributed by atoms with Gasteiger partial charge in [0.15, 0.2) is 5.78 Å². The molecule has 1 aliphatic carbocycles. The monoisotopic (exact) mass is 397 g/mol. The van der Waals surface area contributed by atoms with Crippen molar-refractivity contribution in [2.24, 2.45) is 5.41 Å². The molecular formula is C24H31NO4. The Hall–Kier alpha value is -2.40. The number of ketones is 1. The minimum Gasteiger partial charge on any atom is -0.460 e. The minimum atomic E-state index is -0.407. The van der Waals surface area contributed by atoms with Crippen LogP contribution in [-0.4, -0.2) is 31.6 Å². The molecule has 0 aromatic heterocycles. The Balaban J connectivity index is 2.05. The topological polar surface area (TPSA) is 64.6 Å². The second-order valence-corrected chi connectivity index (χ2v) is 8.62. The molecule has 3 rings (SSSR count). The lowest BCUT2D eigenvalue weighted by Crippen LogP contribution is -2.39. The van der Waals surface area contributed by atoms with E-state index in [9.17, 15) is 9.59 Å². The SMILES string of the molecule is CCOCCOC(=O)C1=C(C)NC2=C(C(=O)CC(C)(C)C2)[C@@H]1c1ccccc1C. The zero-order chi connectivity index (χ0) is 21.2. The Morgan fingerprint density at radius 1 is 1.17 bits per heavy atom. The molecule has 1 heterocycles. The maximum Gasteiger partial charge on any atom is 0.336 e. The maximum absolute atomic E-state index is 13.2. The van der Waals surface area contributed by atoms with Crippen LogP contribution in [0.15, 0.2) is 46.8 Å². The maximum atomic E-state index is 13.2. The molecule has 5 nitrogen and oxygen atoms in total.